The predicted octanol–water partition coefficient (Wildman–Crippen LogP) is 5.23. The number of amides is 2. The predicted molar refractivity (Wildman–Crippen MR) is 152 cm³/mol. The lowest BCUT2D eigenvalue weighted by Crippen LogP contribution is -2.36. The molecular formula is C29H38N6O3. The third kappa shape index (κ3) is 6.06. The Morgan fingerprint density at radius 2 is 2.05 bits per heavy atom. The zero-order chi connectivity index (χ0) is 27.1. The largest absolute Gasteiger partial charge is 0.388 e. The molecule has 1 saturated heterocycles. The molecule has 1 unspecified atom stereocenters. The number of carbonyl (C=O) groups is 1. The van der Waals surface area contributed by atoms with Crippen LogP contribution < -0.4 is 16.0 Å². The molecule has 2 heterocycles. The number of hydrogen-bond acceptors (Lipinski definition) is 6. The minimum atomic E-state index is -0.280. The van der Waals surface area contributed by atoms with Crippen molar-refractivity contribution >= 4 is 23.8 Å². The Kier molecular flexibility index (Phi) is 9.15. The molecule has 202 valence electrons. The summed E-state index contributed by atoms with van der Waals surface area (Å²) in [5.41, 5.74) is 4.92. The normalized spacial score (nSPS) is 18.8. The van der Waals surface area contributed by atoms with Gasteiger partial charge in [0.15, 0.2) is 0 Å². The summed E-state index contributed by atoms with van der Waals surface area (Å²) in [6, 6.07) is 15.3. The Balaban J connectivity index is 1.56. The van der Waals surface area contributed by atoms with Crippen LogP contribution in [0, 0.1) is 18.3 Å². The highest BCUT2D eigenvalue weighted by Crippen LogP contribution is 2.33. The van der Waals surface area contributed by atoms with Crippen molar-refractivity contribution in [1.82, 2.24) is 15.1 Å². The van der Waals surface area contributed by atoms with E-state index < -0.39 is 0 Å². The summed E-state index contributed by atoms with van der Waals surface area (Å²) in [5.74, 6) is 0.860. The molecule has 4 N–H and O–H groups in total. The van der Waals surface area contributed by atoms with Gasteiger partial charge >= 0.3 is 6.03 Å². The molecular weight excluding hydrogens is 480 g/mol. The SMILES string of the molecule is CC[C@@H]1OC(CCOC)C[C@H]1CNC(=O)Nc1c(C)c(-c2ccc(NC)c(C=N)c2)nn1-c1ccccc1. The van der Waals surface area contributed by atoms with Crippen molar-refractivity contribution in [3.05, 3.63) is 59.7 Å². The first-order chi connectivity index (χ1) is 18.5. The van der Waals surface area contributed by atoms with Crippen LogP contribution in [-0.2, 0) is 9.47 Å². The van der Waals surface area contributed by atoms with E-state index in [2.05, 4.69) is 22.9 Å². The average molecular weight is 519 g/mol. The molecule has 2 amide bonds. The van der Waals surface area contributed by atoms with E-state index in [-0.39, 0.29) is 24.2 Å². The summed E-state index contributed by atoms with van der Waals surface area (Å²) in [4.78, 5) is 13.1. The minimum Gasteiger partial charge on any atom is -0.388 e. The summed E-state index contributed by atoms with van der Waals surface area (Å²) in [6.45, 7) is 5.28. The van der Waals surface area contributed by atoms with Crippen LogP contribution in [0.2, 0.25) is 0 Å². The van der Waals surface area contributed by atoms with Gasteiger partial charge in [-0.15, -0.1) is 0 Å². The fraction of sp³-hybridized carbons (Fsp3) is 0.414. The van der Waals surface area contributed by atoms with Gasteiger partial charge in [0, 0.05) is 61.8 Å². The maximum atomic E-state index is 13.1. The lowest BCUT2D eigenvalue weighted by molar-refractivity contribution is 0.0167. The second-order valence-electron chi connectivity index (χ2n) is 9.58. The molecule has 38 heavy (non-hydrogen) atoms. The Bertz CT molecular complexity index is 1240. The van der Waals surface area contributed by atoms with Crippen molar-refractivity contribution in [3.8, 4) is 16.9 Å². The summed E-state index contributed by atoms with van der Waals surface area (Å²) < 4.78 is 13.1. The van der Waals surface area contributed by atoms with Gasteiger partial charge in [-0.05, 0) is 50.5 Å². The standard InChI is InChI=1S/C29H38N6O3/c1-5-26-22(16-24(38-26)13-14-37-4)18-32-29(36)33-28-19(2)27(34-35(28)23-9-7-6-8-10-23)20-11-12-25(31-3)21(15-20)17-30/h6-12,15,17,22,24,26,30-31H,5,13-14,16,18H2,1-4H3,(H2,32,33,36)/t22-,24?,26-/m0/s1. The summed E-state index contributed by atoms with van der Waals surface area (Å²) >= 11 is 0. The highest BCUT2D eigenvalue weighted by molar-refractivity contribution is 5.92. The lowest BCUT2D eigenvalue weighted by Gasteiger charge is -2.18. The molecule has 1 fully saturated rings. The first kappa shape index (κ1) is 27.3. The lowest BCUT2D eigenvalue weighted by atomic mass is 9.97. The fourth-order valence-corrected chi connectivity index (χ4v) is 5.09. The molecule has 3 atom stereocenters. The van der Waals surface area contributed by atoms with Gasteiger partial charge in [0.2, 0.25) is 0 Å². The van der Waals surface area contributed by atoms with Gasteiger partial charge in [0.1, 0.15) is 5.82 Å². The smallest absolute Gasteiger partial charge is 0.320 e. The minimum absolute atomic E-state index is 0.129. The number of ether oxygens (including phenoxy) is 2. The van der Waals surface area contributed by atoms with E-state index in [1.54, 1.807) is 11.8 Å². The number of hydrogen-bond donors (Lipinski definition) is 4. The van der Waals surface area contributed by atoms with Gasteiger partial charge < -0.3 is 25.5 Å². The second kappa shape index (κ2) is 12.7. The number of carbonyl (C=O) groups excluding carboxylic acids is 1. The molecule has 9 heteroatoms. The molecule has 1 aromatic heterocycles. The number of nitrogens with zero attached hydrogens (tertiary/aromatic N) is 2. The molecule has 0 saturated carbocycles. The third-order valence-corrected chi connectivity index (χ3v) is 7.13. The van der Waals surface area contributed by atoms with Crippen LogP contribution in [-0.4, -0.2) is 61.5 Å². The molecule has 1 aliphatic heterocycles. The van der Waals surface area contributed by atoms with Crippen molar-refractivity contribution < 1.29 is 14.3 Å². The Morgan fingerprint density at radius 3 is 2.74 bits per heavy atom. The van der Waals surface area contributed by atoms with Crippen LogP contribution in [0.5, 0.6) is 0 Å². The molecule has 3 aromatic rings. The number of anilines is 2. The van der Waals surface area contributed by atoms with Gasteiger partial charge in [0.25, 0.3) is 0 Å². The highest BCUT2D eigenvalue weighted by atomic mass is 16.5. The van der Waals surface area contributed by atoms with Gasteiger partial charge in [-0.1, -0.05) is 31.2 Å². The van der Waals surface area contributed by atoms with Gasteiger partial charge in [-0.2, -0.15) is 5.10 Å². The molecule has 0 bridgehead atoms. The topological polar surface area (TPSA) is 113 Å². The van der Waals surface area contributed by atoms with Crippen LogP contribution in [0.3, 0.4) is 0 Å². The Labute approximate surface area is 224 Å². The summed E-state index contributed by atoms with van der Waals surface area (Å²) in [7, 11) is 3.53. The zero-order valence-corrected chi connectivity index (χ0v) is 22.6. The number of rotatable bonds is 11. The number of para-hydroxylation sites is 1. The van der Waals surface area contributed by atoms with Crippen LogP contribution in [0.15, 0.2) is 48.5 Å². The van der Waals surface area contributed by atoms with Crippen LogP contribution >= 0.6 is 0 Å². The van der Waals surface area contributed by atoms with Crippen molar-refractivity contribution in [1.29, 1.82) is 5.41 Å². The monoisotopic (exact) mass is 518 g/mol. The van der Waals surface area contributed by atoms with Crippen molar-refractivity contribution in [2.75, 3.05) is 37.9 Å². The number of urea groups is 1. The molecule has 2 aromatic carbocycles. The summed E-state index contributed by atoms with van der Waals surface area (Å²) in [5, 5.41) is 21.9. The molecule has 1 aliphatic rings. The molecule has 0 radical (unpaired) electrons. The third-order valence-electron chi connectivity index (χ3n) is 7.13. The van der Waals surface area contributed by atoms with Crippen molar-refractivity contribution in [2.45, 2.75) is 45.3 Å². The number of nitrogens with one attached hydrogen (secondary N) is 4. The number of methoxy groups -OCH3 is 1. The van der Waals surface area contributed by atoms with E-state index in [9.17, 15) is 4.79 Å². The Morgan fingerprint density at radius 1 is 1.26 bits per heavy atom. The van der Waals surface area contributed by atoms with Crippen molar-refractivity contribution in [3.63, 3.8) is 0 Å². The van der Waals surface area contributed by atoms with Crippen LogP contribution in [0.1, 0.15) is 37.3 Å². The maximum Gasteiger partial charge on any atom is 0.320 e. The average Bonchev–Trinajstić information content (AvgIpc) is 3.50. The molecule has 0 aliphatic carbocycles. The van der Waals surface area contributed by atoms with Crippen LogP contribution in [0.25, 0.3) is 16.9 Å². The van der Waals surface area contributed by atoms with E-state index in [1.165, 1.54) is 6.21 Å². The highest BCUT2D eigenvalue weighted by Gasteiger charge is 2.34. The second-order valence-corrected chi connectivity index (χ2v) is 9.58. The zero-order valence-electron chi connectivity index (χ0n) is 22.6. The van der Waals surface area contributed by atoms with Gasteiger partial charge in [-0.3, -0.25) is 5.32 Å². The Hall–Kier alpha value is -3.69. The first-order valence-corrected chi connectivity index (χ1v) is 13.2. The fourth-order valence-electron chi connectivity index (χ4n) is 5.09. The molecule has 4 rings (SSSR count). The van der Waals surface area contributed by atoms with E-state index in [4.69, 9.17) is 20.0 Å². The van der Waals surface area contributed by atoms with E-state index in [1.807, 2.05) is 62.5 Å². The first-order valence-electron chi connectivity index (χ1n) is 13.2. The number of aromatic nitrogens is 2. The maximum absolute atomic E-state index is 13.1. The number of benzene rings is 2. The van der Waals surface area contributed by atoms with Gasteiger partial charge in [0.05, 0.1) is 23.6 Å². The molecule has 0 spiro atoms. The van der Waals surface area contributed by atoms with E-state index in [0.29, 0.717) is 19.0 Å². The van der Waals surface area contributed by atoms with E-state index >= 15 is 0 Å². The van der Waals surface area contributed by atoms with Crippen molar-refractivity contribution in [2.24, 2.45) is 5.92 Å². The van der Waals surface area contributed by atoms with Crippen LogP contribution in [0.4, 0.5) is 16.3 Å². The quantitative estimate of drug-likeness (QED) is 0.260. The van der Waals surface area contributed by atoms with Gasteiger partial charge in [-0.25, -0.2) is 9.48 Å². The van der Waals surface area contributed by atoms with E-state index in [0.717, 1.165) is 53.0 Å². The molecule has 9 nitrogen and oxygen atoms in total. The summed E-state index contributed by atoms with van der Waals surface area (Å²) in [6.07, 6.45) is 4.30.